The molecule has 9 heteroatoms. The van der Waals surface area contributed by atoms with Crippen molar-refractivity contribution in [1.82, 2.24) is 9.38 Å². The second-order valence-corrected chi connectivity index (χ2v) is 6.05. The summed E-state index contributed by atoms with van der Waals surface area (Å²) in [5.74, 6) is 0.112. The number of benzene rings is 1. The van der Waals surface area contributed by atoms with E-state index in [9.17, 15) is 14.9 Å². The molecule has 0 unspecified atom stereocenters. The van der Waals surface area contributed by atoms with Gasteiger partial charge in [-0.1, -0.05) is 0 Å². The summed E-state index contributed by atoms with van der Waals surface area (Å²) < 4.78 is 7.41. The van der Waals surface area contributed by atoms with Crippen LogP contribution in [0.25, 0.3) is 5.65 Å². The quantitative estimate of drug-likeness (QED) is 0.529. The van der Waals surface area contributed by atoms with Gasteiger partial charge < -0.3 is 10.1 Å². The topological polar surface area (TPSA) is 98.8 Å². The number of carbonyl (C=O) groups is 1. The number of nitro benzene ring substituents is 1. The number of anilines is 1. The third-order valence-corrected chi connectivity index (χ3v) is 4.32. The van der Waals surface area contributed by atoms with Crippen LogP contribution in [0, 0.1) is 17.0 Å². The second-order valence-electron chi connectivity index (χ2n) is 5.19. The maximum atomic E-state index is 12.7. The standard InChI is InChI=1S/C16H13BrN4O4/c1-9-14(20-7-3-4-13(25-2)15(20)18-9)16(22)19-12-8-10(21(23)24)5-6-11(12)17/h3-8H,1-2H3,(H,19,22). The molecule has 1 aromatic carbocycles. The minimum absolute atomic E-state index is 0.116. The van der Waals surface area contributed by atoms with E-state index >= 15 is 0 Å². The molecule has 0 spiro atoms. The molecule has 0 saturated heterocycles. The number of nitrogens with one attached hydrogen (secondary N) is 1. The summed E-state index contributed by atoms with van der Waals surface area (Å²) >= 11 is 3.28. The van der Waals surface area contributed by atoms with E-state index < -0.39 is 10.8 Å². The van der Waals surface area contributed by atoms with Crippen LogP contribution in [0.15, 0.2) is 41.0 Å². The highest BCUT2D eigenvalue weighted by atomic mass is 79.9. The molecule has 2 heterocycles. The van der Waals surface area contributed by atoms with E-state index in [1.807, 2.05) is 0 Å². The molecule has 25 heavy (non-hydrogen) atoms. The summed E-state index contributed by atoms with van der Waals surface area (Å²) in [5, 5.41) is 13.6. The Kier molecular flexibility index (Phi) is 4.41. The van der Waals surface area contributed by atoms with E-state index in [4.69, 9.17) is 4.74 Å². The average molecular weight is 405 g/mol. The largest absolute Gasteiger partial charge is 0.493 e. The molecule has 128 valence electrons. The summed E-state index contributed by atoms with van der Waals surface area (Å²) in [6.45, 7) is 1.71. The summed E-state index contributed by atoms with van der Waals surface area (Å²) in [6.07, 6.45) is 1.70. The number of rotatable bonds is 4. The monoisotopic (exact) mass is 404 g/mol. The minimum atomic E-state index is -0.521. The van der Waals surface area contributed by atoms with Crippen molar-refractivity contribution in [2.24, 2.45) is 0 Å². The number of nitrogens with zero attached hydrogens (tertiary/aromatic N) is 3. The van der Waals surface area contributed by atoms with Crippen molar-refractivity contribution in [1.29, 1.82) is 0 Å². The van der Waals surface area contributed by atoms with Crippen molar-refractivity contribution in [2.45, 2.75) is 6.92 Å². The van der Waals surface area contributed by atoms with Crippen molar-refractivity contribution in [3.05, 3.63) is 62.5 Å². The molecule has 3 rings (SSSR count). The van der Waals surface area contributed by atoms with Gasteiger partial charge in [-0.05, 0) is 41.1 Å². The van der Waals surface area contributed by atoms with Gasteiger partial charge in [0.2, 0.25) is 0 Å². The van der Waals surface area contributed by atoms with Crippen LogP contribution in [0.1, 0.15) is 16.2 Å². The van der Waals surface area contributed by atoms with Crippen LogP contribution < -0.4 is 10.1 Å². The zero-order valence-electron chi connectivity index (χ0n) is 13.3. The molecule has 1 N–H and O–H groups in total. The van der Waals surface area contributed by atoms with Crippen molar-refractivity contribution in [3.63, 3.8) is 0 Å². The van der Waals surface area contributed by atoms with Crippen LogP contribution in [0.4, 0.5) is 11.4 Å². The molecule has 0 aliphatic carbocycles. The van der Waals surface area contributed by atoms with Gasteiger partial charge in [-0.15, -0.1) is 0 Å². The number of amides is 1. The number of methoxy groups -OCH3 is 1. The zero-order valence-corrected chi connectivity index (χ0v) is 14.9. The van der Waals surface area contributed by atoms with E-state index in [-0.39, 0.29) is 5.69 Å². The second kappa shape index (κ2) is 6.52. The van der Waals surface area contributed by atoms with Crippen molar-refractivity contribution in [3.8, 4) is 5.75 Å². The fourth-order valence-corrected chi connectivity index (χ4v) is 2.84. The Hall–Kier alpha value is -2.94. The molecule has 0 saturated carbocycles. The predicted octanol–water partition coefficient (Wildman–Crippen LogP) is 3.57. The van der Waals surface area contributed by atoms with Crippen LogP contribution in [0.2, 0.25) is 0 Å². The van der Waals surface area contributed by atoms with Crippen LogP contribution in [-0.2, 0) is 0 Å². The third kappa shape index (κ3) is 3.05. The minimum Gasteiger partial charge on any atom is -0.493 e. The van der Waals surface area contributed by atoms with Crippen LogP contribution in [0.3, 0.4) is 0 Å². The molecule has 1 amide bonds. The van der Waals surface area contributed by atoms with Gasteiger partial charge in [-0.3, -0.25) is 19.3 Å². The van der Waals surface area contributed by atoms with Gasteiger partial charge in [0, 0.05) is 22.8 Å². The highest BCUT2D eigenvalue weighted by molar-refractivity contribution is 9.10. The van der Waals surface area contributed by atoms with E-state index in [0.29, 0.717) is 32.9 Å². The normalized spacial score (nSPS) is 10.7. The smallest absolute Gasteiger partial charge is 0.274 e. The lowest BCUT2D eigenvalue weighted by Gasteiger charge is -2.08. The summed E-state index contributed by atoms with van der Waals surface area (Å²) in [4.78, 5) is 27.5. The number of non-ortho nitro benzene ring substituents is 1. The fourth-order valence-electron chi connectivity index (χ4n) is 2.49. The first-order valence-corrected chi connectivity index (χ1v) is 7.98. The highest BCUT2D eigenvalue weighted by Gasteiger charge is 2.20. The fraction of sp³-hybridized carbons (Fsp3) is 0.125. The third-order valence-electron chi connectivity index (χ3n) is 3.63. The average Bonchev–Trinajstić information content (AvgIpc) is 2.92. The van der Waals surface area contributed by atoms with Gasteiger partial charge in [-0.25, -0.2) is 4.98 Å². The highest BCUT2D eigenvalue weighted by Crippen LogP contribution is 2.28. The van der Waals surface area contributed by atoms with Crippen LogP contribution in [0.5, 0.6) is 5.75 Å². The lowest BCUT2D eigenvalue weighted by molar-refractivity contribution is -0.384. The Morgan fingerprint density at radius 2 is 2.16 bits per heavy atom. The Morgan fingerprint density at radius 1 is 1.40 bits per heavy atom. The van der Waals surface area contributed by atoms with Gasteiger partial charge in [-0.2, -0.15) is 0 Å². The van der Waals surface area contributed by atoms with Crippen molar-refractivity contribution < 1.29 is 14.5 Å². The number of hydrogen-bond donors (Lipinski definition) is 1. The molecule has 0 fully saturated rings. The Balaban J connectivity index is 2.03. The van der Waals surface area contributed by atoms with Gasteiger partial charge in [0.1, 0.15) is 5.69 Å². The molecule has 3 aromatic rings. The number of carbonyl (C=O) groups excluding carboxylic acids is 1. The Labute approximate surface area is 150 Å². The molecule has 0 aliphatic rings. The van der Waals surface area contributed by atoms with E-state index in [2.05, 4.69) is 26.2 Å². The lowest BCUT2D eigenvalue weighted by Crippen LogP contribution is -2.16. The van der Waals surface area contributed by atoms with E-state index in [1.54, 1.807) is 29.7 Å². The first kappa shape index (κ1) is 16.9. The lowest BCUT2D eigenvalue weighted by atomic mass is 10.2. The first-order chi connectivity index (χ1) is 11.9. The summed E-state index contributed by atoms with van der Waals surface area (Å²) in [5.41, 5.74) is 1.55. The van der Waals surface area contributed by atoms with Gasteiger partial charge in [0.15, 0.2) is 11.4 Å². The molecular weight excluding hydrogens is 392 g/mol. The molecule has 0 bridgehead atoms. The maximum absolute atomic E-state index is 12.7. The van der Waals surface area contributed by atoms with E-state index in [0.717, 1.165) is 0 Å². The number of pyridine rings is 1. The van der Waals surface area contributed by atoms with E-state index in [1.165, 1.54) is 25.3 Å². The van der Waals surface area contributed by atoms with Crippen LogP contribution >= 0.6 is 15.9 Å². The molecule has 0 radical (unpaired) electrons. The van der Waals surface area contributed by atoms with Gasteiger partial charge >= 0.3 is 0 Å². The Bertz CT molecular complexity index is 999. The summed E-state index contributed by atoms with van der Waals surface area (Å²) in [6, 6.07) is 7.65. The Morgan fingerprint density at radius 3 is 2.84 bits per heavy atom. The number of aromatic nitrogens is 2. The zero-order chi connectivity index (χ0) is 18.1. The number of nitro groups is 1. The van der Waals surface area contributed by atoms with Crippen molar-refractivity contribution in [2.75, 3.05) is 12.4 Å². The number of imidazole rings is 1. The number of fused-ring (bicyclic) bond motifs is 1. The van der Waals surface area contributed by atoms with Gasteiger partial charge in [0.05, 0.1) is 23.4 Å². The first-order valence-electron chi connectivity index (χ1n) is 7.19. The predicted molar refractivity (Wildman–Crippen MR) is 95.2 cm³/mol. The molecule has 2 aromatic heterocycles. The van der Waals surface area contributed by atoms with Gasteiger partial charge in [0.25, 0.3) is 11.6 Å². The van der Waals surface area contributed by atoms with Crippen molar-refractivity contribution >= 4 is 38.9 Å². The maximum Gasteiger partial charge on any atom is 0.274 e. The number of halogens is 1. The number of aryl methyl sites for hydroxylation is 1. The molecular formula is C16H13BrN4O4. The SMILES string of the molecule is COc1cccn2c(C(=O)Nc3cc([N+](=O)[O-])ccc3Br)c(C)nc12. The molecule has 8 nitrogen and oxygen atoms in total. The number of hydrogen-bond acceptors (Lipinski definition) is 5. The van der Waals surface area contributed by atoms with Crippen LogP contribution in [-0.4, -0.2) is 27.3 Å². The number of ether oxygens (including phenoxy) is 1. The summed E-state index contributed by atoms with van der Waals surface area (Å²) in [7, 11) is 1.53. The molecule has 0 aliphatic heterocycles. The molecule has 0 atom stereocenters.